The zero-order chi connectivity index (χ0) is 5.70. The maximum Gasteiger partial charge on any atom is 0.0625 e. The van der Waals surface area contributed by atoms with Gasteiger partial charge in [0.15, 0.2) is 0 Å². The lowest BCUT2D eigenvalue weighted by atomic mass is 10.3. The average molecular weight is 98.1 g/mol. The van der Waals surface area contributed by atoms with Crippen molar-refractivity contribution in [1.82, 2.24) is 0 Å². The largest absolute Gasteiger partial charge is 0.550 e. The Morgan fingerprint density at radius 3 is 2.57 bits per heavy atom. The van der Waals surface area contributed by atoms with Gasteiger partial charge in [-0.1, -0.05) is 0 Å². The molecular formula is C4H4NO2-. The minimum absolute atomic E-state index is 0.0440. The molecule has 0 aromatic carbocycles. The third-order valence-corrected chi connectivity index (χ3v) is 0.441. The van der Waals surface area contributed by atoms with Crippen molar-refractivity contribution >= 4 is 5.97 Å². The first-order chi connectivity index (χ1) is 3.27. The fraction of sp³-hybridized carbons (Fsp3) is 0.500. The summed E-state index contributed by atoms with van der Waals surface area (Å²) in [5.74, 6) is -1.17. The van der Waals surface area contributed by atoms with Gasteiger partial charge in [-0.3, -0.25) is 0 Å². The van der Waals surface area contributed by atoms with Crippen molar-refractivity contribution < 1.29 is 9.90 Å². The van der Waals surface area contributed by atoms with Gasteiger partial charge in [-0.15, -0.1) is 0 Å². The van der Waals surface area contributed by atoms with Crippen LogP contribution in [-0.2, 0) is 4.79 Å². The summed E-state index contributed by atoms with van der Waals surface area (Å²) in [6.45, 7) is 0. The van der Waals surface area contributed by atoms with Crippen LogP contribution >= 0.6 is 0 Å². The zero-order valence-electron chi connectivity index (χ0n) is 3.68. The third-order valence-electron chi connectivity index (χ3n) is 0.441. The van der Waals surface area contributed by atoms with Crippen LogP contribution in [0.2, 0.25) is 0 Å². The van der Waals surface area contributed by atoms with Crippen LogP contribution in [0, 0.1) is 11.3 Å². The quantitative estimate of drug-likeness (QED) is 0.446. The van der Waals surface area contributed by atoms with E-state index in [0.29, 0.717) is 0 Å². The Hall–Kier alpha value is -1.04. The van der Waals surface area contributed by atoms with Gasteiger partial charge >= 0.3 is 0 Å². The molecule has 0 radical (unpaired) electrons. The number of nitriles is 1. The number of nitrogens with zero attached hydrogens (tertiary/aromatic N) is 1. The number of carbonyl (C=O) groups excluding carboxylic acids is 1. The summed E-state index contributed by atoms with van der Waals surface area (Å²) >= 11 is 0. The van der Waals surface area contributed by atoms with E-state index in [2.05, 4.69) is 0 Å². The smallest absolute Gasteiger partial charge is 0.0625 e. The molecule has 0 aliphatic carbocycles. The van der Waals surface area contributed by atoms with Gasteiger partial charge in [0.05, 0.1) is 6.07 Å². The molecule has 0 aliphatic heterocycles. The molecule has 0 bridgehead atoms. The fourth-order valence-electron chi connectivity index (χ4n) is 0.158. The van der Waals surface area contributed by atoms with Crippen molar-refractivity contribution in [1.29, 1.82) is 5.26 Å². The highest BCUT2D eigenvalue weighted by atomic mass is 16.4. The van der Waals surface area contributed by atoms with Crippen LogP contribution in [0.5, 0.6) is 0 Å². The second kappa shape index (κ2) is 3.16. The number of aliphatic carboxylic acids is 1. The second-order valence-corrected chi connectivity index (χ2v) is 1.03. The summed E-state index contributed by atoms with van der Waals surface area (Å²) in [5, 5.41) is 17.3. The summed E-state index contributed by atoms with van der Waals surface area (Å²) in [7, 11) is 0. The van der Waals surface area contributed by atoms with Gasteiger partial charge in [-0.2, -0.15) is 5.26 Å². The molecule has 0 fully saturated rings. The molecule has 0 heterocycles. The summed E-state index contributed by atoms with van der Waals surface area (Å²) in [5.41, 5.74) is 0. The summed E-state index contributed by atoms with van der Waals surface area (Å²) < 4.78 is 0. The fourth-order valence-corrected chi connectivity index (χ4v) is 0.158. The molecule has 3 nitrogen and oxygen atoms in total. The van der Waals surface area contributed by atoms with Crippen LogP contribution in [0.25, 0.3) is 0 Å². The molecule has 0 amide bonds. The molecule has 3 heteroatoms. The summed E-state index contributed by atoms with van der Waals surface area (Å²) in [4.78, 5) is 9.50. The lowest BCUT2D eigenvalue weighted by Crippen LogP contribution is -2.21. The van der Waals surface area contributed by atoms with E-state index in [1.165, 1.54) is 0 Å². The maximum absolute atomic E-state index is 9.50. The third kappa shape index (κ3) is 4.96. The summed E-state index contributed by atoms with van der Waals surface area (Å²) in [6.07, 6.45) is -0.112. The van der Waals surface area contributed by atoms with Crippen LogP contribution < -0.4 is 5.11 Å². The first-order valence-corrected chi connectivity index (χ1v) is 1.84. The van der Waals surface area contributed by atoms with Gasteiger partial charge in [0.1, 0.15) is 0 Å². The zero-order valence-corrected chi connectivity index (χ0v) is 3.68. The Morgan fingerprint density at radius 1 is 1.86 bits per heavy atom. The highest BCUT2D eigenvalue weighted by molar-refractivity contribution is 5.64. The lowest BCUT2D eigenvalue weighted by Gasteiger charge is -1.91. The second-order valence-electron chi connectivity index (χ2n) is 1.03. The standard InChI is InChI=1S/C4H5NO2/c5-3-1-2-4(6)7/h1-2H2,(H,6,7)/p-1. The van der Waals surface area contributed by atoms with Gasteiger partial charge in [-0.05, 0) is 6.42 Å². The monoisotopic (exact) mass is 98.0 g/mol. The van der Waals surface area contributed by atoms with Crippen molar-refractivity contribution in [3.8, 4) is 6.07 Å². The van der Waals surface area contributed by atoms with Crippen LogP contribution in [0.1, 0.15) is 12.8 Å². The molecule has 38 valence electrons. The Morgan fingerprint density at radius 2 is 2.43 bits per heavy atom. The molecule has 0 aromatic heterocycles. The Labute approximate surface area is 41.2 Å². The van der Waals surface area contributed by atoms with Crippen molar-refractivity contribution in [2.75, 3.05) is 0 Å². The minimum Gasteiger partial charge on any atom is -0.550 e. The Kier molecular flexibility index (Phi) is 2.69. The molecule has 0 aliphatic rings. The number of carbonyl (C=O) groups is 1. The molecule has 0 atom stereocenters. The highest BCUT2D eigenvalue weighted by Gasteiger charge is 1.80. The molecule has 7 heavy (non-hydrogen) atoms. The van der Waals surface area contributed by atoms with Crippen LogP contribution in [0.3, 0.4) is 0 Å². The molecule has 0 rings (SSSR count). The van der Waals surface area contributed by atoms with E-state index >= 15 is 0 Å². The van der Waals surface area contributed by atoms with E-state index in [0.717, 1.165) is 0 Å². The molecule has 0 unspecified atom stereocenters. The van der Waals surface area contributed by atoms with Gasteiger partial charge in [-0.25, -0.2) is 0 Å². The number of hydrogen-bond donors (Lipinski definition) is 0. The predicted molar refractivity (Wildman–Crippen MR) is 19.9 cm³/mol. The van der Waals surface area contributed by atoms with Crippen molar-refractivity contribution in [2.45, 2.75) is 12.8 Å². The average Bonchev–Trinajstić information content (AvgIpc) is 1.61. The minimum atomic E-state index is -1.17. The molecule has 0 spiro atoms. The lowest BCUT2D eigenvalue weighted by molar-refractivity contribution is -0.305. The first kappa shape index (κ1) is 5.96. The van der Waals surface area contributed by atoms with Crippen LogP contribution in [0.15, 0.2) is 0 Å². The molecule has 0 saturated carbocycles. The maximum atomic E-state index is 9.50. The Bertz CT molecular complexity index is 103. The number of hydrogen-bond acceptors (Lipinski definition) is 3. The van der Waals surface area contributed by atoms with Crippen molar-refractivity contribution in [2.24, 2.45) is 0 Å². The Balaban J connectivity index is 3.02. The van der Waals surface area contributed by atoms with Gasteiger partial charge in [0.25, 0.3) is 0 Å². The molecule has 0 N–H and O–H groups in total. The van der Waals surface area contributed by atoms with Crippen LogP contribution in [0.4, 0.5) is 0 Å². The van der Waals surface area contributed by atoms with Crippen molar-refractivity contribution in [3.05, 3.63) is 0 Å². The molecule has 0 aromatic rings. The molecule has 0 saturated heterocycles. The van der Waals surface area contributed by atoms with E-state index in [9.17, 15) is 9.90 Å². The van der Waals surface area contributed by atoms with Crippen molar-refractivity contribution in [3.63, 3.8) is 0 Å². The van der Waals surface area contributed by atoms with E-state index in [-0.39, 0.29) is 12.8 Å². The SMILES string of the molecule is N#CCCC(=O)[O-]. The highest BCUT2D eigenvalue weighted by Crippen LogP contribution is 1.79. The van der Waals surface area contributed by atoms with Gasteiger partial charge in [0.2, 0.25) is 0 Å². The normalized spacial score (nSPS) is 7.29. The summed E-state index contributed by atoms with van der Waals surface area (Å²) in [6, 6.07) is 1.68. The van der Waals surface area contributed by atoms with Crippen LogP contribution in [-0.4, -0.2) is 5.97 Å². The number of rotatable bonds is 2. The first-order valence-electron chi connectivity index (χ1n) is 1.84. The van der Waals surface area contributed by atoms with Gasteiger partial charge in [0, 0.05) is 12.4 Å². The number of carboxylic acid groups (broad SMARTS) is 1. The number of carboxylic acids is 1. The van der Waals surface area contributed by atoms with E-state index in [4.69, 9.17) is 5.26 Å². The molecular weight excluding hydrogens is 94.0 g/mol. The topological polar surface area (TPSA) is 63.9 Å². The van der Waals surface area contributed by atoms with E-state index in [1.54, 1.807) is 6.07 Å². The predicted octanol–water partition coefficient (Wildman–Crippen LogP) is -0.960. The van der Waals surface area contributed by atoms with Gasteiger partial charge < -0.3 is 9.90 Å². The van der Waals surface area contributed by atoms with E-state index < -0.39 is 5.97 Å². The van der Waals surface area contributed by atoms with E-state index in [1.807, 2.05) is 0 Å².